The molecule has 0 aliphatic carbocycles. The second kappa shape index (κ2) is 10.6. The van der Waals surface area contributed by atoms with Gasteiger partial charge < -0.3 is 9.47 Å². The highest BCUT2D eigenvalue weighted by molar-refractivity contribution is 6.17. The largest absolute Gasteiger partial charge is 0.457 e. The van der Waals surface area contributed by atoms with Crippen LogP contribution in [0.1, 0.15) is 84.5 Å². The zero-order valence-corrected chi connectivity index (χ0v) is 26.9. The number of rotatable bonds is 5. The smallest absolute Gasteiger partial charge is 0.207 e. The topological polar surface area (TPSA) is 21.5 Å². The van der Waals surface area contributed by atoms with Gasteiger partial charge in [0.25, 0.3) is 0 Å². The van der Waals surface area contributed by atoms with Gasteiger partial charge in [-0.25, -0.2) is 4.58 Å². The van der Waals surface area contributed by atoms with Crippen molar-refractivity contribution in [2.24, 2.45) is 0 Å². The summed E-state index contributed by atoms with van der Waals surface area (Å²) in [7, 11) is 0. The molecule has 2 aliphatic heterocycles. The van der Waals surface area contributed by atoms with Gasteiger partial charge in [-0.2, -0.15) is 0 Å². The normalized spacial score (nSPS) is 16.8. The Morgan fingerprint density at radius 3 is 2.24 bits per heavy atom. The zero-order valence-electron chi connectivity index (χ0n) is 26.1. The SMILES string of the molecule is CC[N+]1=c2cc3c(cc2C(C)CC1(C)C)=C(c1ccc(CCl)cc1C)c1ccc(Oc2cc(C)c(C)c(C)c2)cc1O3. The minimum absolute atomic E-state index is 0.0772. The second-order valence-electron chi connectivity index (χ2n) is 12.8. The van der Waals surface area contributed by atoms with Crippen LogP contribution < -0.4 is 24.6 Å². The first-order chi connectivity index (χ1) is 20.0. The average Bonchev–Trinajstić information content (AvgIpc) is 2.94. The first-order valence-electron chi connectivity index (χ1n) is 15.1. The predicted octanol–water partition coefficient (Wildman–Crippen LogP) is 8.60. The van der Waals surface area contributed by atoms with E-state index in [1.807, 2.05) is 6.07 Å². The molecule has 4 aromatic carbocycles. The van der Waals surface area contributed by atoms with Crippen molar-refractivity contribution < 1.29 is 9.47 Å². The number of alkyl halides is 1. The van der Waals surface area contributed by atoms with E-state index >= 15 is 0 Å². The Bertz CT molecular complexity index is 1840. The number of hydrogen-bond donors (Lipinski definition) is 0. The quantitative estimate of drug-likeness (QED) is 0.154. The van der Waals surface area contributed by atoms with Gasteiger partial charge in [-0.1, -0.05) is 25.1 Å². The van der Waals surface area contributed by atoms with Gasteiger partial charge in [-0.15, -0.1) is 11.6 Å². The zero-order chi connectivity index (χ0) is 29.9. The van der Waals surface area contributed by atoms with E-state index in [1.165, 1.54) is 44.3 Å². The van der Waals surface area contributed by atoms with Crippen molar-refractivity contribution in [2.45, 2.75) is 79.1 Å². The molecule has 0 spiro atoms. The van der Waals surface area contributed by atoms with Crippen LogP contribution >= 0.6 is 11.6 Å². The van der Waals surface area contributed by atoms with E-state index in [9.17, 15) is 0 Å². The summed E-state index contributed by atoms with van der Waals surface area (Å²) in [6.07, 6.45) is 1.11. The molecule has 0 aromatic heterocycles. The van der Waals surface area contributed by atoms with Crippen LogP contribution in [0.2, 0.25) is 0 Å². The number of nitrogens with zero attached hydrogens (tertiary/aromatic N) is 1. The molecule has 0 radical (unpaired) electrons. The third-order valence-electron chi connectivity index (χ3n) is 9.37. The van der Waals surface area contributed by atoms with Crippen molar-refractivity contribution in [3.63, 3.8) is 0 Å². The molecule has 2 heterocycles. The summed E-state index contributed by atoms with van der Waals surface area (Å²) in [5.74, 6) is 4.24. The van der Waals surface area contributed by atoms with Gasteiger partial charge in [0.2, 0.25) is 5.36 Å². The number of halogens is 1. The summed E-state index contributed by atoms with van der Waals surface area (Å²) >= 11 is 6.21. The van der Waals surface area contributed by atoms with Crippen molar-refractivity contribution in [2.75, 3.05) is 6.54 Å². The fourth-order valence-corrected chi connectivity index (χ4v) is 7.25. The van der Waals surface area contributed by atoms with Crippen molar-refractivity contribution in [1.82, 2.24) is 4.58 Å². The molecule has 216 valence electrons. The summed E-state index contributed by atoms with van der Waals surface area (Å²) in [5, 5.41) is 2.42. The van der Waals surface area contributed by atoms with E-state index in [2.05, 4.69) is 115 Å². The second-order valence-corrected chi connectivity index (χ2v) is 13.0. The molecule has 0 saturated heterocycles. The molecule has 42 heavy (non-hydrogen) atoms. The molecule has 0 bridgehead atoms. The van der Waals surface area contributed by atoms with E-state index < -0.39 is 0 Å². The van der Waals surface area contributed by atoms with Gasteiger partial charge in [0.15, 0.2) is 5.54 Å². The van der Waals surface area contributed by atoms with Crippen LogP contribution in [0.5, 0.6) is 23.0 Å². The Kier molecular flexibility index (Phi) is 7.22. The average molecular weight is 579 g/mol. The number of aryl methyl sites for hydroxylation is 3. The van der Waals surface area contributed by atoms with Crippen molar-refractivity contribution in [3.05, 3.63) is 116 Å². The fourth-order valence-electron chi connectivity index (χ4n) is 7.08. The summed E-state index contributed by atoms with van der Waals surface area (Å²) < 4.78 is 15.7. The first-order valence-corrected chi connectivity index (χ1v) is 15.6. The Labute approximate surface area is 255 Å². The summed E-state index contributed by atoms with van der Waals surface area (Å²) in [4.78, 5) is 0. The van der Waals surface area contributed by atoms with Crippen LogP contribution in [-0.4, -0.2) is 12.1 Å². The number of fused-ring (bicyclic) bond motifs is 3. The van der Waals surface area contributed by atoms with Gasteiger partial charge in [0, 0.05) is 40.3 Å². The lowest BCUT2D eigenvalue weighted by atomic mass is 9.81. The Hall–Kier alpha value is -3.56. The van der Waals surface area contributed by atoms with Crippen LogP contribution in [0, 0.1) is 27.7 Å². The molecule has 1 unspecified atom stereocenters. The van der Waals surface area contributed by atoms with E-state index in [0.717, 1.165) is 52.3 Å². The molecule has 1 atom stereocenters. The maximum absolute atomic E-state index is 6.77. The van der Waals surface area contributed by atoms with Gasteiger partial charge in [0.05, 0.1) is 6.07 Å². The van der Waals surface area contributed by atoms with E-state index in [1.54, 1.807) is 0 Å². The van der Waals surface area contributed by atoms with Gasteiger partial charge in [0.1, 0.15) is 29.5 Å². The molecule has 4 aromatic rings. The number of ether oxygens (including phenoxy) is 2. The standard InChI is InChI=1S/C38H41ClNO2/c1-9-40-34-19-36-33(18-32(34)25(5)20-38(40,7)8)37(30-12-10-27(21-39)14-24(30)4)31-13-11-28(17-35(31)42-36)41-29-15-22(2)26(6)23(3)16-29/h10-19,25H,9,20-21H2,1-8H3/q+1. The van der Waals surface area contributed by atoms with Crippen LogP contribution in [0.25, 0.3) is 5.57 Å². The maximum atomic E-state index is 6.77. The third-order valence-corrected chi connectivity index (χ3v) is 9.67. The lowest BCUT2D eigenvalue weighted by molar-refractivity contribution is 0.272. The van der Waals surface area contributed by atoms with Crippen LogP contribution in [0.15, 0.2) is 60.7 Å². The Balaban J connectivity index is 1.59. The van der Waals surface area contributed by atoms with Crippen LogP contribution in [-0.2, 0) is 5.88 Å². The monoisotopic (exact) mass is 578 g/mol. The molecular weight excluding hydrogens is 538 g/mol. The highest BCUT2D eigenvalue weighted by atomic mass is 35.5. The highest BCUT2D eigenvalue weighted by Crippen LogP contribution is 2.41. The molecule has 3 nitrogen and oxygen atoms in total. The van der Waals surface area contributed by atoms with Crippen LogP contribution in [0.4, 0.5) is 0 Å². The van der Waals surface area contributed by atoms with Crippen LogP contribution in [0.3, 0.4) is 0 Å². The first kappa shape index (κ1) is 28.6. The molecule has 4 heteroatoms. The summed E-state index contributed by atoms with van der Waals surface area (Å²) in [6.45, 7) is 18.8. The van der Waals surface area contributed by atoms with Gasteiger partial charge in [-0.05, 0) is 118 Å². The summed E-state index contributed by atoms with van der Waals surface area (Å²) in [6, 6.07) is 21.7. The Morgan fingerprint density at radius 2 is 1.57 bits per heavy atom. The fraction of sp³-hybridized carbons (Fsp3) is 0.342. The molecule has 0 saturated carbocycles. The maximum Gasteiger partial charge on any atom is 0.207 e. The molecule has 2 aliphatic rings. The van der Waals surface area contributed by atoms with Gasteiger partial charge in [-0.3, -0.25) is 0 Å². The lowest BCUT2D eigenvalue weighted by Gasteiger charge is -2.31. The minimum Gasteiger partial charge on any atom is -0.457 e. The van der Waals surface area contributed by atoms with Crippen molar-refractivity contribution in [3.8, 4) is 23.0 Å². The summed E-state index contributed by atoms with van der Waals surface area (Å²) in [5.41, 5.74) is 11.0. The molecule has 0 fully saturated rings. The number of benzene rings is 4. The van der Waals surface area contributed by atoms with E-state index in [-0.39, 0.29) is 5.54 Å². The minimum atomic E-state index is 0.0772. The van der Waals surface area contributed by atoms with E-state index in [4.69, 9.17) is 21.1 Å². The Morgan fingerprint density at radius 1 is 0.857 bits per heavy atom. The molecule has 0 amide bonds. The predicted molar refractivity (Wildman–Crippen MR) is 174 cm³/mol. The molecular formula is C38H41ClNO2+. The molecule has 0 N–H and O–H groups in total. The lowest BCUT2D eigenvalue weighted by Crippen LogP contribution is -2.52. The van der Waals surface area contributed by atoms with Gasteiger partial charge >= 0.3 is 0 Å². The van der Waals surface area contributed by atoms with Crippen molar-refractivity contribution in [1.29, 1.82) is 0 Å². The number of hydrogen-bond acceptors (Lipinski definition) is 2. The van der Waals surface area contributed by atoms with Crippen molar-refractivity contribution >= 4 is 17.2 Å². The highest BCUT2D eigenvalue weighted by Gasteiger charge is 2.38. The van der Waals surface area contributed by atoms with E-state index in [0.29, 0.717) is 11.8 Å². The molecule has 6 rings (SSSR count). The third kappa shape index (κ3) is 4.82.